The van der Waals surface area contributed by atoms with Crippen LogP contribution < -0.4 is 0 Å². The van der Waals surface area contributed by atoms with Crippen molar-refractivity contribution in [1.29, 1.82) is 0 Å². The summed E-state index contributed by atoms with van der Waals surface area (Å²) in [5, 5.41) is 0. The molecule has 1 atom stereocenters. The third kappa shape index (κ3) is 2.24. The van der Waals surface area contributed by atoms with Crippen molar-refractivity contribution < 1.29 is 12.8 Å². The van der Waals surface area contributed by atoms with Crippen LogP contribution in [-0.4, -0.2) is 42.3 Å². The van der Waals surface area contributed by atoms with Crippen LogP contribution in [0.4, 0.5) is 4.39 Å². The predicted molar refractivity (Wildman–Crippen MR) is 72.9 cm³/mol. The summed E-state index contributed by atoms with van der Waals surface area (Å²) < 4.78 is 38.6. The highest BCUT2D eigenvalue weighted by Gasteiger charge is 2.40. The molecule has 2 aliphatic rings. The van der Waals surface area contributed by atoms with E-state index >= 15 is 0 Å². The van der Waals surface area contributed by atoms with Crippen molar-refractivity contribution in [2.24, 2.45) is 4.99 Å². The van der Waals surface area contributed by atoms with Crippen molar-refractivity contribution in [1.82, 2.24) is 4.31 Å². The van der Waals surface area contributed by atoms with Gasteiger partial charge in [-0.15, -0.1) is 0 Å². The molecule has 0 aromatic carbocycles. The molecule has 1 unspecified atom stereocenters. The third-order valence-corrected chi connectivity index (χ3v) is 5.22. The van der Waals surface area contributed by atoms with Gasteiger partial charge in [0.1, 0.15) is 11.4 Å². The van der Waals surface area contributed by atoms with Crippen molar-refractivity contribution in [3.05, 3.63) is 23.6 Å². The summed E-state index contributed by atoms with van der Waals surface area (Å²) in [5.74, 6) is -0.703. The molecule has 0 amide bonds. The standard InChI is InChI=1S/C11H13FN2O2S2/c1-11(6-18(15,16)14(2)7-13-11)9-5-8(17)3-4-10(9)12/h4-5,7H,3,6H2,1-2H3. The first kappa shape index (κ1) is 13.4. The monoisotopic (exact) mass is 288 g/mol. The van der Waals surface area contributed by atoms with Crippen molar-refractivity contribution in [2.75, 3.05) is 12.8 Å². The quantitative estimate of drug-likeness (QED) is 0.689. The summed E-state index contributed by atoms with van der Waals surface area (Å²) in [5.41, 5.74) is -0.872. The number of thiocarbonyl (C=S) groups is 1. The maximum absolute atomic E-state index is 13.9. The lowest BCUT2D eigenvalue weighted by Gasteiger charge is -2.34. The minimum Gasteiger partial charge on any atom is -0.263 e. The fourth-order valence-corrected chi connectivity index (χ4v) is 3.46. The van der Waals surface area contributed by atoms with Gasteiger partial charge in [0.2, 0.25) is 10.0 Å². The van der Waals surface area contributed by atoms with Crippen LogP contribution >= 0.6 is 12.2 Å². The second-order valence-corrected chi connectivity index (χ2v) is 7.12. The average Bonchev–Trinajstić information content (AvgIpc) is 2.27. The normalized spacial score (nSPS) is 31.1. The molecule has 1 heterocycles. The van der Waals surface area contributed by atoms with E-state index in [1.807, 2.05) is 0 Å². The van der Waals surface area contributed by atoms with E-state index in [0.29, 0.717) is 11.3 Å². The Bertz CT molecular complexity index is 592. The molecule has 0 N–H and O–H groups in total. The van der Waals surface area contributed by atoms with E-state index in [4.69, 9.17) is 12.2 Å². The van der Waals surface area contributed by atoms with Crippen LogP contribution in [0.5, 0.6) is 0 Å². The van der Waals surface area contributed by atoms with Crippen LogP contribution in [0, 0.1) is 0 Å². The van der Waals surface area contributed by atoms with E-state index in [0.717, 1.165) is 4.31 Å². The Morgan fingerprint density at radius 3 is 2.83 bits per heavy atom. The van der Waals surface area contributed by atoms with Crippen LogP contribution in [-0.2, 0) is 10.0 Å². The summed E-state index contributed by atoms with van der Waals surface area (Å²) in [6, 6.07) is 0. The van der Waals surface area contributed by atoms with Gasteiger partial charge in [-0.3, -0.25) is 9.30 Å². The van der Waals surface area contributed by atoms with Crippen LogP contribution in [0.15, 0.2) is 28.5 Å². The molecular weight excluding hydrogens is 275 g/mol. The smallest absolute Gasteiger partial charge is 0.238 e. The minimum absolute atomic E-state index is 0.242. The number of aliphatic imine (C=N–C) groups is 1. The highest BCUT2D eigenvalue weighted by Crippen LogP contribution is 2.34. The van der Waals surface area contributed by atoms with Gasteiger partial charge in [0.05, 0.1) is 12.1 Å². The molecule has 0 aromatic heterocycles. The Hall–Kier alpha value is -1.08. The predicted octanol–water partition coefficient (Wildman–Crippen LogP) is 1.60. The molecule has 98 valence electrons. The maximum Gasteiger partial charge on any atom is 0.238 e. The second kappa shape index (κ2) is 4.24. The first-order valence-corrected chi connectivity index (χ1v) is 7.38. The van der Waals surface area contributed by atoms with Crippen molar-refractivity contribution in [3.8, 4) is 0 Å². The van der Waals surface area contributed by atoms with Crippen molar-refractivity contribution >= 4 is 33.4 Å². The van der Waals surface area contributed by atoms with Crippen LogP contribution in [0.3, 0.4) is 0 Å². The lowest BCUT2D eigenvalue weighted by molar-refractivity contribution is 0.496. The molecule has 4 nitrogen and oxygen atoms in total. The number of allylic oxidation sites excluding steroid dienone is 2. The number of hydrogen-bond acceptors (Lipinski definition) is 4. The Morgan fingerprint density at radius 2 is 2.22 bits per heavy atom. The molecule has 0 aromatic rings. The zero-order valence-electron chi connectivity index (χ0n) is 10.1. The molecule has 0 radical (unpaired) electrons. The highest BCUT2D eigenvalue weighted by molar-refractivity contribution is 7.89. The van der Waals surface area contributed by atoms with E-state index in [9.17, 15) is 12.8 Å². The van der Waals surface area contributed by atoms with Gasteiger partial charge in [-0.2, -0.15) is 0 Å². The lowest BCUT2D eigenvalue weighted by Crippen LogP contribution is -2.45. The number of halogens is 1. The van der Waals surface area contributed by atoms with Crippen molar-refractivity contribution in [3.63, 3.8) is 0 Å². The van der Waals surface area contributed by atoms with Gasteiger partial charge in [0.15, 0.2) is 0 Å². The van der Waals surface area contributed by atoms with Gasteiger partial charge < -0.3 is 0 Å². The molecule has 1 aliphatic carbocycles. The summed E-state index contributed by atoms with van der Waals surface area (Å²) >= 11 is 5.04. The van der Waals surface area contributed by atoms with Crippen LogP contribution in [0.2, 0.25) is 0 Å². The van der Waals surface area contributed by atoms with Gasteiger partial charge in [0.25, 0.3) is 0 Å². The molecule has 0 bridgehead atoms. The summed E-state index contributed by atoms with van der Waals surface area (Å²) in [6.07, 6.45) is 4.47. The van der Waals surface area contributed by atoms with Gasteiger partial charge in [-0.25, -0.2) is 12.8 Å². The van der Waals surface area contributed by atoms with E-state index in [1.165, 1.54) is 25.5 Å². The largest absolute Gasteiger partial charge is 0.263 e. The molecule has 7 heteroatoms. The van der Waals surface area contributed by atoms with E-state index < -0.39 is 21.4 Å². The van der Waals surface area contributed by atoms with Gasteiger partial charge >= 0.3 is 0 Å². The van der Waals surface area contributed by atoms with Crippen LogP contribution in [0.1, 0.15) is 13.3 Å². The topological polar surface area (TPSA) is 49.7 Å². The fourth-order valence-electron chi connectivity index (χ4n) is 1.92. The molecule has 18 heavy (non-hydrogen) atoms. The first-order valence-electron chi connectivity index (χ1n) is 5.37. The Kier molecular flexibility index (Phi) is 3.14. The summed E-state index contributed by atoms with van der Waals surface area (Å²) in [7, 11) is -2.05. The highest BCUT2D eigenvalue weighted by atomic mass is 32.2. The number of rotatable bonds is 1. The zero-order valence-corrected chi connectivity index (χ0v) is 11.7. The van der Waals surface area contributed by atoms with E-state index in [2.05, 4.69) is 4.99 Å². The first-order chi connectivity index (χ1) is 8.24. The number of hydrogen-bond donors (Lipinski definition) is 0. The lowest BCUT2D eigenvalue weighted by atomic mass is 9.89. The summed E-state index contributed by atoms with van der Waals surface area (Å²) in [4.78, 5) is 4.74. The third-order valence-electron chi connectivity index (χ3n) is 3.03. The van der Waals surface area contributed by atoms with Crippen LogP contribution in [0.25, 0.3) is 0 Å². The number of nitrogens with zero attached hydrogens (tertiary/aromatic N) is 2. The molecule has 0 saturated carbocycles. The maximum atomic E-state index is 13.9. The Labute approximate surface area is 111 Å². The van der Waals surface area contributed by atoms with Crippen molar-refractivity contribution in [2.45, 2.75) is 18.9 Å². The average molecular weight is 288 g/mol. The minimum atomic E-state index is -3.45. The Balaban J connectivity index is 2.48. The molecule has 2 rings (SSSR count). The molecule has 0 spiro atoms. The van der Waals surface area contributed by atoms with E-state index in [-0.39, 0.29) is 11.3 Å². The SMILES string of the molecule is CN1C=NC(C)(C2=CC(=S)CC=C2F)CS1(=O)=O. The van der Waals surface area contributed by atoms with Gasteiger partial charge in [0, 0.05) is 23.9 Å². The fraction of sp³-hybridized carbons (Fsp3) is 0.455. The molecule has 0 saturated heterocycles. The summed E-state index contributed by atoms with van der Waals surface area (Å²) in [6.45, 7) is 1.60. The van der Waals surface area contributed by atoms with E-state index in [1.54, 1.807) is 6.92 Å². The molecule has 0 fully saturated rings. The second-order valence-electron chi connectivity index (χ2n) is 4.57. The molecular formula is C11H13FN2O2S2. The van der Waals surface area contributed by atoms with Gasteiger partial charge in [-0.05, 0) is 19.1 Å². The molecule has 1 aliphatic heterocycles. The van der Waals surface area contributed by atoms with Gasteiger partial charge in [-0.1, -0.05) is 12.2 Å². The Morgan fingerprint density at radius 1 is 1.56 bits per heavy atom. The number of sulfonamides is 1. The zero-order chi connectivity index (χ0) is 13.6.